The van der Waals surface area contributed by atoms with E-state index in [4.69, 9.17) is 9.73 Å². The first-order valence-electron chi connectivity index (χ1n) is 11.9. The van der Waals surface area contributed by atoms with Crippen molar-refractivity contribution in [2.45, 2.75) is 25.3 Å². The third kappa shape index (κ3) is 4.51. The van der Waals surface area contributed by atoms with Gasteiger partial charge in [0.15, 0.2) is 5.17 Å². The van der Waals surface area contributed by atoms with Crippen molar-refractivity contribution in [3.05, 3.63) is 121 Å². The van der Waals surface area contributed by atoms with Crippen LogP contribution in [0.5, 0.6) is 5.75 Å². The van der Waals surface area contributed by atoms with Crippen LogP contribution in [0, 0.1) is 0 Å². The molecule has 0 amide bonds. The summed E-state index contributed by atoms with van der Waals surface area (Å²) in [5.41, 5.74) is 8.74. The Morgan fingerprint density at radius 2 is 1.61 bits per heavy atom. The van der Waals surface area contributed by atoms with Crippen LogP contribution in [0.1, 0.15) is 42.0 Å². The molecule has 3 aromatic rings. The third-order valence-corrected chi connectivity index (χ3v) is 8.72. The lowest BCUT2D eigenvalue weighted by molar-refractivity contribution is 0.414. The molecule has 0 aromatic heterocycles. The summed E-state index contributed by atoms with van der Waals surface area (Å²) in [5, 5.41) is 3.28. The zero-order chi connectivity index (χ0) is 24.6. The number of hydrogen-bond donors (Lipinski definition) is 0. The first-order chi connectivity index (χ1) is 17.6. The summed E-state index contributed by atoms with van der Waals surface area (Å²) in [6.07, 6.45) is 5.53. The number of amidine groups is 1. The van der Waals surface area contributed by atoms with Crippen molar-refractivity contribution >= 4 is 60.6 Å². The number of hydrogen-bond acceptors (Lipinski definition) is 4. The highest BCUT2D eigenvalue weighted by Crippen LogP contribution is 2.51. The zero-order valence-electron chi connectivity index (χ0n) is 19.7. The molecule has 3 nitrogen and oxygen atoms in total. The smallest absolute Gasteiger partial charge is 0.174 e. The minimum Gasteiger partial charge on any atom is -0.497 e. The van der Waals surface area contributed by atoms with Gasteiger partial charge in [0.1, 0.15) is 5.75 Å². The largest absolute Gasteiger partial charge is 0.497 e. The van der Waals surface area contributed by atoms with Crippen LogP contribution < -0.4 is 4.74 Å². The Balaban J connectivity index is 1.47. The predicted molar refractivity (Wildman–Crippen MR) is 158 cm³/mol. The van der Waals surface area contributed by atoms with E-state index < -0.39 is 0 Å². The number of allylic oxidation sites excluding steroid dienone is 1. The molecule has 0 radical (unpaired) electrons. The molecule has 0 N–H and O–H groups in total. The van der Waals surface area contributed by atoms with Gasteiger partial charge in [-0.2, -0.15) is 0 Å². The van der Waals surface area contributed by atoms with Crippen molar-refractivity contribution in [2.75, 3.05) is 7.11 Å². The Morgan fingerprint density at radius 1 is 0.917 bits per heavy atom. The number of aliphatic imine (C=N–C) groups is 1. The maximum Gasteiger partial charge on any atom is 0.174 e. The van der Waals surface area contributed by atoms with E-state index >= 15 is 0 Å². The fraction of sp³-hybridized carbons (Fsp3) is 0.167. The summed E-state index contributed by atoms with van der Waals surface area (Å²) >= 11 is 8.88. The van der Waals surface area contributed by atoms with Gasteiger partial charge in [-0.25, -0.2) is 4.99 Å². The molecule has 36 heavy (non-hydrogen) atoms. The van der Waals surface area contributed by atoms with E-state index in [1.807, 2.05) is 12.1 Å². The van der Waals surface area contributed by atoms with Crippen LogP contribution in [-0.4, -0.2) is 17.2 Å². The summed E-state index contributed by atoms with van der Waals surface area (Å²) in [6, 6.07) is 25.7. The highest BCUT2D eigenvalue weighted by atomic mass is 79.9. The number of benzene rings is 3. The highest BCUT2D eigenvalue weighted by molar-refractivity contribution is 9.10. The maximum absolute atomic E-state index is 5.40. The van der Waals surface area contributed by atoms with E-state index in [2.05, 4.69) is 109 Å². The quantitative estimate of drug-likeness (QED) is 0.291. The molecule has 6 heteroatoms. The monoisotopic (exact) mass is 618 g/mol. The number of fused-ring (bicyclic) bond motifs is 1. The molecule has 1 aliphatic carbocycles. The number of halogens is 2. The molecule has 1 unspecified atom stereocenters. The first-order valence-corrected chi connectivity index (χ1v) is 14.4. The fourth-order valence-electron chi connectivity index (χ4n) is 5.09. The Kier molecular flexibility index (Phi) is 6.67. The molecule has 0 bridgehead atoms. The van der Waals surface area contributed by atoms with Crippen LogP contribution in [-0.2, 0) is 0 Å². The number of ether oxygens (including phenoxy) is 1. The lowest BCUT2D eigenvalue weighted by Gasteiger charge is -2.40. The van der Waals surface area contributed by atoms with Crippen molar-refractivity contribution in [1.29, 1.82) is 0 Å². The van der Waals surface area contributed by atoms with Gasteiger partial charge in [-0.3, -0.25) is 0 Å². The van der Waals surface area contributed by atoms with Gasteiger partial charge in [0, 0.05) is 14.4 Å². The van der Waals surface area contributed by atoms with Gasteiger partial charge in [0.05, 0.1) is 24.5 Å². The van der Waals surface area contributed by atoms with Crippen LogP contribution in [0.2, 0.25) is 0 Å². The van der Waals surface area contributed by atoms with Crippen LogP contribution in [0.4, 0.5) is 0 Å². The molecule has 2 aliphatic heterocycles. The van der Waals surface area contributed by atoms with Crippen molar-refractivity contribution in [2.24, 2.45) is 4.99 Å². The van der Waals surface area contributed by atoms with Crippen LogP contribution in [0.25, 0.3) is 11.8 Å². The SMILES string of the molecule is COc1ccc(C2=CSC3=NC4=C(CCCC4=Cc4ccc(Br)cc4)C(c4ccc(Br)cc4)N23)cc1. The second-order valence-corrected chi connectivity index (χ2v) is 11.7. The molecular formula is C30H24Br2N2OS. The van der Waals surface area contributed by atoms with Crippen molar-refractivity contribution in [3.63, 3.8) is 0 Å². The molecule has 2 heterocycles. The minimum atomic E-state index is 0.109. The molecule has 3 aliphatic rings. The Morgan fingerprint density at radius 3 is 2.31 bits per heavy atom. The number of rotatable bonds is 4. The second kappa shape index (κ2) is 10.1. The van der Waals surface area contributed by atoms with Gasteiger partial charge >= 0.3 is 0 Å². The summed E-state index contributed by atoms with van der Waals surface area (Å²) in [4.78, 5) is 7.71. The molecule has 0 fully saturated rings. The van der Waals surface area contributed by atoms with Gasteiger partial charge in [-0.15, -0.1) is 0 Å². The van der Waals surface area contributed by atoms with Crippen LogP contribution in [0.3, 0.4) is 0 Å². The number of thioether (sulfide) groups is 1. The topological polar surface area (TPSA) is 24.8 Å². The standard InChI is InChI=1S/C30H24Br2N2OS/c1-35-25-15-9-20(10-16-25)27-18-36-30-33-28-22(17-19-5-11-23(31)12-6-19)3-2-4-26(28)29(34(27)30)21-7-13-24(32)14-8-21/h5-18,29H,2-4H2,1H3. The predicted octanol–water partition coefficient (Wildman–Crippen LogP) is 9.20. The third-order valence-electron chi connectivity index (χ3n) is 6.82. The zero-order valence-corrected chi connectivity index (χ0v) is 23.7. The average Bonchev–Trinajstić information content (AvgIpc) is 3.33. The van der Waals surface area contributed by atoms with E-state index in [9.17, 15) is 0 Å². The summed E-state index contributed by atoms with van der Waals surface area (Å²) in [6.45, 7) is 0. The van der Waals surface area contributed by atoms with Gasteiger partial charge in [0.25, 0.3) is 0 Å². The van der Waals surface area contributed by atoms with Gasteiger partial charge in [0.2, 0.25) is 0 Å². The van der Waals surface area contributed by atoms with Gasteiger partial charge < -0.3 is 9.64 Å². The van der Waals surface area contributed by atoms with E-state index in [1.54, 1.807) is 18.9 Å². The van der Waals surface area contributed by atoms with Crippen molar-refractivity contribution < 1.29 is 4.74 Å². The molecule has 1 atom stereocenters. The molecule has 0 saturated heterocycles. The fourth-order valence-corrected chi connectivity index (χ4v) is 6.55. The Bertz CT molecular complexity index is 1420. The van der Waals surface area contributed by atoms with Crippen molar-refractivity contribution in [1.82, 2.24) is 4.90 Å². The lowest BCUT2D eigenvalue weighted by Crippen LogP contribution is -2.34. The van der Waals surface area contributed by atoms with Crippen LogP contribution in [0.15, 0.2) is 109 Å². The van der Waals surface area contributed by atoms with E-state index in [0.717, 1.165) is 39.1 Å². The normalized spacial score (nSPS) is 20.1. The Hall–Kier alpha value is -2.54. The van der Waals surface area contributed by atoms with Crippen LogP contribution >= 0.6 is 43.6 Å². The maximum atomic E-state index is 5.40. The number of nitrogens with zero attached hydrogens (tertiary/aromatic N) is 2. The molecular weight excluding hydrogens is 596 g/mol. The average molecular weight is 620 g/mol. The molecule has 6 rings (SSSR count). The van der Waals surface area contributed by atoms with Crippen molar-refractivity contribution in [3.8, 4) is 5.75 Å². The van der Waals surface area contributed by atoms with E-state index in [1.165, 1.54) is 39.2 Å². The summed E-state index contributed by atoms with van der Waals surface area (Å²) in [7, 11) is 1.70. The molecule has 3 aromatic carbocycles. The van der Waals surface area contributed by atoms with Gasteiger partial charge in [-0.05, 0) is 102 Å². The van der Waals surface area contributed by atoms with E-state index in [0.29, 0.717) is 0 Å². The van der Waals surface area contributed by atoms with Gasteiger partial charge in [-0.1, -0.05) is 67.9 Å². The second-order valence-electron chi connectivity index (χ2n) is 9.02. The van der Waals surface area contributed by atoms with E-state index in [-0.39, 0.29) is 6.04 Å². The lowest BCUT2D eigenvalue weighted by atomic mass is 9.83. The molecule has 180 valence electrons. The Labute approximate surface area is 232 Å². The molecule has 0 saturated carbocycles. The molecule has 0 spiro atoms. The number of methoxy groups -OCH3 is 1. The first kappa shape index (κ1) is 23.8. The summed E-state index contributed by atoms with van der Waals surface area (Å²) in [5.74, 6) is 0.863. The summed E-state index contributed by atoms with van der Waals surface area (Å²) < 4.78 is 7.58. The minimum absolute atomic E-state index is 0.109. The highest BCUT2D eigenvalue weighted by Gasteiger charge is 2.40.